The van der Waals surface area contributed by atoms with Gasteiger partial charge in [-0.1, -0.05) is 30.3 Å². The fourth-order valence-corrected chi connectivity index (χ4v) is 3.08. The van der Waals surface area contributed by atoms with Crippen molar-refractivity contribution in [1.82, 2.24) is 10.2 Å². The molecule has 23 heavy (non-hydrogen) atoms. The number of anilines is 1. The van der Waals surface area contributed by atoms with Crippen LogP contribution in [0.3, 0.4) is 0 Å². The molecular weight excluding hydrogens is 314 g/mol. The first-order chi connectivity index (χ1) is 11.1. The summed E-state index contributed by atoms with van der Waals surface area (Å²) in [6, 6.07) is 17.3. The first-order valence-corrected chi connectivity index (χ1v) is 8.34. The van der Waals surface area contributed by atoms with Crippen molar-refractivity contribution < 1.29 is 13.2 Å². The third kappa shape index (κ3) is 3.35. The molecule has 0 amide bonds. The van der Waals surface area contributed by atoms with E-state index in [2.05, 4.69) is 14.9 Å². The van der Waals surface area contributed by atoms with E-state index in [0.29, 0.717) is 5.75 Å². The second-order valence-electron chi connectivity index (χ2n) is 4.81. The van der Waals surface area contributed by atoms with E-state index >= 15 is 0 Å². The van der Waals surface area contributed by atoms with Gasteiger partial charge in [0.1, 0.15) is 5.75 Å². The lowest BCUT2D eigenvalue weighted by molar-refractivity contribution is 0.414. The Labute approximate surface area is 134 Å². The van der Waals surface area contributed by atoms with Crippen LogP contribution in [0.15, 0.2) is 65.6 Å². The molecule has 0 fully saturated rings. The first-order valence-electron chi connectivity index (χ1n) is 6.86. The Balaban J connectivity index is 1.82. The fraction of sp³-hybridized carbons (Fsp3) is 0.0625. The Morgan fingerprint density at radius 3 is 2.39 bits per heavy atom. The topological polar surface area (TPSA) is 84.1 Å². The van der Waals surface area contributed by atoms with Crippen molar-refractivity contribution in [3.8, 4) is 17.0 Å². The molecule has 0 atom stereocenters. The van der Waals surface area contributed by atoms with Crippen molar-refractivity contribution in [2.45, 2.75) is 4.90 Å². The molecule has 0 radical (unpaired) electrons. The maximum atomic E-state index is 12.3. The van der Waals surface area contributed by atoms with Gasteiger partial charge in [-0.25, -0.2) is 8.42 Å². The molecule has 1 aromatic heterocycles. The van der Waals surface area contributed by atoms with E-state index in [1.165, 1.54) is 19.2 Å². The summed E-state index contributed by atoms with van der Waals surface area (Å²) in [5.74, 6) is 0.828. The maximum Gasteiger partial charge on any atom is 0.263 e. The van der Waals surface area contributed by atoms with Crippen LogP contribution in [-0.4, -0.2) is 25.7 Å². The fourth-order valence-electron chi connectivity index (χ4n) is 2.09. The molecule has 0 aliphatic carbocycles. The Bertz CT molecular complexity index is 888. The number of benzene rings is 2. The van der Waals surface area contributed by atoms with Crippen LogP contribution >= 0.6 is 0 Å². The quantitative estimate of drug-likeness (QED) is 0.754. The van der Waals surface area contributed by atoms with Gasteiger partial charge in [-0.2, -0.15) is 5.10 Å². The standard InChI is InChI=1S/C16H15N3O3S/c1-22-13-7-9-14(10-8-13)23(20,21)19-16-11-15(17-18-16)12-5-3-2-4-6-12/h2-11H,1H3,(H2,17,18,19). The van der Waals surface area contributed by atoms with Gasteiger partial charge in [-0.05, 0) is 29.8 Å². The predicted octanol–water partition coefficient (Wildman–Crippen LogP) is 2.89. The molecule has 2 N–H and O–H groups in total. The maximum absolute atomic E-state index is 12.3. The number of aromatic amines is 1. The molecule has 118 valence electrons. The molecule has 3 aromatic rings. The lowest BCUT2D eigenvalue weighted by Crippen LogP contribution is -2.13. The minimum Gasteiger partial charge on any atom is -0.497 e. The zero-order chi connectivity index (χ0) is 16.3. The molecule has 6 nitrogen and oxygen atoms in total. The molecular formula is C16H15N3O3S. The zero-order valence-corrected chi connectivity index (χ0v) is 13.2. The van der Waals surface area contributed by atoms with Crippen LogP contribution < -0.4 is 9.46 Å². The largest absolute Gasteiger partial charge is 0.497 e. The van der Waals surface area contributed by atoms with E-state index in [4.69, 9.17) is 4.74 Å². The van der Waals surface area contributed by atoms with Crippen molar-refractivity contribution in [2.75, 3.05) is 11.8 Å². The van der Waals surface area contributed by atoms with Gasteiger partial charge in [0.15, 0.2) is 5.82 Å². The molecule has 7 heteroatoms. The van der Waals surface area contributed by atoms with Crippen LogP contribution in [0.4, 0.5) is 5.82 Å². The SMILES string of the molecule is COc1ccc(S(=O)(=O)Nc2cc(-c3ccccc3)[nH]n2)cc1. The molecule has 1 heterocycles. The van der Waals surface area contributed by atoms with Crippen molar-refractivity contribution in [3.05, 3.63) is 60.7 Å². The van der Waals surface area contributed by atoms with Gasteiger partial charge < -0.3 is 4.74 Å². The highest BCUT2D eigenvalue weighted by Crippen LogP contribution is 2.22. The van der Waals surface area contributed by atoms with Gasteiger partial charge in [0.25, 0.3) is 10.0 Å². The predicted molar refractivity (Wildman–Crippen MR) is 87.8 cm³/mol. The summed E-state index contributed by atoms with van der Waals surface area (Å²) in [5, 5.41) is 6.81. The third-order valence-corrected chi connectivity index (χ3v) is 4.64. The number of nitrogens with zero attached hydrogens (tertiary/aromatic N) is 1. The molecule has 3 rings (SSSR count). The summed E-state index contributed by atoms with van der Waals surface area (Å²) in [6.45, 7) is 0. The third-order valence-electron chi connectivity index (χ3n) is 3.27. The molecule has 2 aromatic carbocycles. The number of methoxy groups -OCH3 is 1. The van der Waals surface area contributed by atoms with E-state index in [-0.39, 0.29) is 10.7 Å². The van der Waals surface area contributed by atoms with Gasteiger partial charge in [-0.15, -0.1) is 0 Å². The van der Waals surface area contributed by atoms with Gasteiger partial charge in [0.2, 0.25) is 0 Å². The summed E-state index contributed by atoms with van der Waals surface area (Å²) in [6.07, 6.45) is 0. The highest BCUT2D eigenvalue weighted by molar-refractivity contribution is 7.92. The molecule has 0 aliphatic heterocycles. The van der Waals surface area contributed by atoms with Crippen molar-refractivity contribution in [1.29, 1.82) is 0 Å². The van der Waals surface area contributed by atoms with Crippen molar-refractivity contribution >= 4 is 15.8 Å². The van der Waals surface area contributed by atoms with Crippen molar-refractivity contribution in [2.24, 2.45) is 0 Å². The number of hydrogen-bond acceptors (Lipinski definition) is 4. The van der Waals surface area contributed by atoms with Crippen molar-refractivity contribution in [3.63, 3.8) is 0 Å². The van der Waals surface area contributed by atoms with Gasteiger partial charge >= 0.3 is 0 Å². The summed E-state index contributed by atoms with van der Waals surface area (Å²) in [7, 11) is -2.17. The molecule has 0 saturated heterocycles. The zero-order valence-electron chi connectivity index (χ0n) is 12.4. The Hall–Kier alpha value is -2.80. The average Bonchev–Trinajstić information content (AvgIpc) is 3.03. The smallest absolute Gasteiger partial charge is 0.263 e. The van der Waals surface area contributed by atoms with E-state index in [1.54, 1.807) is 18.2 Å². The van der Waals surface area contributed by atoms with E-state index in [0.717, 1.165) is 11.3 Å². The van der Waals surface area contributed by atoms with Crippen LogP contribution in [0, 0.1) is 0 Å². The molecule has 0 saturated carbocycles. The van der Waals surface area contributed by atoms with Crippen LogP contribution in [0.1, 0.15) is 0 Å². The van der Waals surface area contributed by atoms with Crippen LogP contribution in [0.25, 0.3) is 11.3 Å². The highest BCUT2D eigenvalue weighted by atomic mass is 32.2. The lowest BCUT2D eigenvalue weighted by Gasteiger charge is -2.06. The minimum absolute atomic E-state index is 0.141. The second kappa shape index (κ2) is 6.13. The second-order valence-corrected chi connectivity index (χ2v) is 6.50. The molecule has 0 unspecified atom stereocenters. The monoisotopic (exact) mass is 329 g/mol. The van der Waals surface area contributed by atoms with Gasteiger partial charge in [0.05, 0.1) is 17.7 Å². The summed E-state index contributed by atoms with van der Waals surface area (Å²) >= 11 is 0. The number of H-pyrrole nitrogens is 1. The normalized spacial score (nSPS) is 11.2. The average molecular weight is 329 g/mol. The van der Waals surface area contributed by atoms with Gasteiger partial charge in [0, 0.05) is 6.07 Å². The van der Waals surface area contributed by atoms with E-state index < -0.39 is 10.0 Å². The summed E-state index contributed by atoms with van der Waals surface area (Å²) < 4.78 is 32.2. The minimum atomic E-state index is -3.70. The number of sulfonamides is 1. The van der Waals surface area contributed by atoms with E-state index in [1.807, 2.05) is 30.3 Å². The Morgan fingerprint density at radius 2 is 1.74 bits per heavy atom. The number of hydrogen-bond donors (Lipinski definition) is 2. The molecule has 0 bridgehead atoms. The Kier molecular flexibility index (Phi) is 4.03. The number of aromatic nitrogens is 2. The first kappa shape index (κ1) is 15.1. The summed E-state index contributed by atoms with van der Waals surface area (Å²) in [4.78, 5) is 0.141. The lowest BCUT2D eigenvalue weighted by atomic mass is 10.2. The number of ether oxygens (including phenoxy) is 1. The van der Waals surface area contributed by atoms with Gasteiger partial charge in [-0.3, -0.25) is 9.82 Å². The molecule has 0 spiro atoms. The Morgan fingerprint density at radius 1 is 1.04 bits per heavy atom. The molecule has 0 aliphatic rings. The number of nitrogens with one attached hydrogen (secondary N) is 2. The summed E-state index contributed by atoms with van der Waals surface area (Å²) in [5.41, 5.74) is 1.66. The highest BCUT2D eigenvalue weighted by Gasteiger charge is 2.16. The van der Waals surface area contributed by atoms with Crippen LogP contribution in [0.5, 0.6) is 5.75 Å². The van der Waals surface area contributed by atoms with Crippen LogP contribution in [0.2, 0.25) is 0 Å². The van der Waals surface area contributed by atoms with E-state index in [9.17, 15) is 8.42 Å². The van der Waals surface area contributed by atoms with Crippen LogP contribution in [-0.2, 0) is 10.0 Å². The number of rotatable bonds is 5.